The summed E-state index contributed by atoms with van der Waals surface area (Å²) in [6, 6.07) is 0. The van der Waals surface area contributed by atoms with E-state index < -0.39 is 0 Å². The molecule has 0 aromatic rings. The first kappa shape index (κ1) is 12.8. The molecule has 1 rings (SSSR count). The minimum absolute atomic E-state index is 0.145. The van der Waals surface area contributed by atoms with E-state index in [1.54, 1.807) is 6.08 Å². The molecule has 1 heteroatoms. The van der Waals surface area contributed by atoms with Gasteiger partial charge in [0, 0.05) is 0 Å². The van der Waals surface area contributed by atoms with Crippen LogP contribution in [0.3, 0.4) is 0 Å². The lowest BCUT2D eigenvalue weighted by molar-refractivity contribution is 0.425. The van der Waals surface area contributed by atoms with Crippen LogP contribution in [-0.4, -0.2) is 5.11 Å². The molecule has 0 amide bonds. The largest absolute Gasteiger partial charge is 0.509 e. The Balaban J connectivity index is 2.65. The zero-order valence-electron chi connectivity index (χ0n) is 10.3. The first-order chi connectivity index (χ1) is 7.65. The molecule has 0 unspecified atom stereocenters. The van der Waals surface area contributed by atoms with E-state index in [2.05, 4.69) is 44.7 Å². The Bertz CT molecular complexity index is 320. The maximum atomic E-state index is 9.11. The van der Waals surface area contributed by atoms with E-state index in [4.69, 9.17) is 5.11 Å². The van der Waals surface area contributed by atoms with Crippen LogP contribution in [0.5, 0.6) is 0 Å². The fourth-order valence-electron chi connectivity index (χ4n) is 2.16. The van der Waals surface area contributed by atoms with Gasteiger partial charge in [-0.05, 0) is 30.8 Å². The highest BCUT2D eigenvalue weighted by Gasteiger charge is 2.18. The Labute approximate surface area is 98.9 Å². The third-order valence-corrected chi connectivity index (χ3v) is 3.18. The fraction of sp³-hybridized carbons (Fsp3) is 0.467. The van der Waals surface area contributed by atoms with E-state index in [-0.39, 0.29) is 5.76 Å². The molecule has 0 heterocycles. The fourth-order valence-corrected chi connectivity index (χ4v) is 2.16. The Morgan fingerprint density at radius 2 is 2.38 bits per heavy atom. The Morgan fingerprint density at radius 1 is 1.62 bits per heavy atom. The maximum absolute atomic E-state index is 9.11. The molecule has 1 aliphatic rings. The smallest absolute Gasteiger partial charge is 0.108 e. The van der Waals surface area contributed by atoms with Crippen molar-refractivity contribution in [3.63, 3.8) is 0 Å². The highest BCUT2D eigenvalue weighted by molar-refractivity contribution is 5.26. The standard InChI is InChI=1S/C15H22O/c1-4-7-14(11-10-12(2)16)13(3)15-8-5-6-9-15/h5-6,8,10-11,13-14,16H,2,4,7,9H2,1,3H3/b11-10-/t13-,14-/m1/s1. The first-order valence-electron chi connectivity index (χ1n) is 6.06. The maximum Gasteiger partial charge on any atom is 0.108 e. The SMILES string of the molecule is C=C(O)/C=C\[C@@H](CCC)[C@@H](C)C1=CC=CC1. The van der Waals surface area contributed by atoms with Gasteiger partial charge in [0.25, 0.3) is 0 Å². The van der Waals surface area contributed by atoms with Gasteiger partial charge in [0.05, 0.1) is 0 Å². The number of allylic oxidation sites excluding steroid dienone is 6. The van der Waals surface area contributed by atoms with Gasteiger partial charge < -0.3 is 5.11 Å². The van der Waals surface area contributed by atoms with Crippen molar-refractivity contribution >= 4 is 0 Å². The first-order valence-corrected chi connectivity index (χ1v) is 6.06. The average Bonchev–Trinajstić information content (AvgIpc) is 2.76. The lowest BCUT2D eigenvalue weighted by Crippen LogP contribution is -2.11. The summed E-state index contributed by atoms with van der Waals surface area (Å²) in [5.74, 6) is 1.19. The van der Waals surface area contributed by atoms with Crippen molar-refractivity contribution in [2.75, 3.05) is 0 Å². The van der Waals surface area contributed by atoms with Crippen molar-refractivity contribution in [2.45, 2.75) is 33.1 Å². The van der Waals surface area contributed by atoms with Crippen molar-refractivity contribution in [1.29, 1.82) is 0 Å². The minimum Gasteiger partial charge on any atom is -0.509 e. The zero-order valence-corrected chi connectivity index (χ0v) is 10.3. The molecule has 2 atom stereocenters. The molecule has 88 valence electrons. The quantitative estimate of drug-likeness (QED) is 0.512. The molecule has 0 spiro atoms. The van der Waals surface area contributed by atoms with E-state index in [0.717, 1.165) is 19.3 Å². The van der Waals surface area contributed by atoms with Crippen molar-refractivity contribution < 1.29 is 5.11 Å². The molecule has 0 saturated carbocycles. The van der Waals surface area contributed by atoms with Crippen LogP contribution in [0.15, 0.2) is 48.3 Å². The molecule has 0 fully saturated rings. The second-order valence-corrected chi connectivity index (χ2v) is 4.47. The number of rotatable bonds is 6. The van der Waals surface area contributed by atoms with Gasteiger partial charge in [0.15, 0.2) is 0 Å². The predicted octanol–water partition coefficient (Wildman–Crippen LogP) is 4.55. The van der Waals surface area contributed by atoms with Crippen molar-refractivity contribution in [1.82, 2.24) is 0 Å². The molecule has 0 aromatic carbocycles. The Hall–Kier alpha value is -1.24. The average molecular weight is 218 g/mol. The van der Waals surface area contributed by atoms with Crippen LogP contribution in [0.4, 0.5) is 0 Å². The molecule has 16 heavy (non-hydrogen) atoms. The summed E-state index contributed by atoms with van der Waals surface area (Å²) in [6.45, 7) is 7.95. The zero-order chi connectivity index (χ0) is 12.0. The molecule has 0 aromatic heterocycles. The predicted molar refractivity (Wildman–Crippen MR) is 70.3 cm³/mol. The van der Waals surface area contributed by atoms with Crippen molar-refractivity contribution in [3.05, 3.63) is 48.3 Å². The Morgan fingerprint density at radius 3 is 2.88 bits per heavy atom. The topological polar surface area (TPSA) is 20.2 Å². The van der Waals surface area contributed by atoms with Gasteiger partial charge in [0.2, 0.25) is 0 Å². The van der Waals surface area contributed by atoms with Crippen LogP contribution in [0.1, 0.15) is 33.1 Å². The van der Waals surface area contributed by atoms with Crippen molar-refractivity contribution in [2.24, 2.45) is 11.8 Å². The Kier molecular flexibility index (Phi) is 5.10. The summed E-state index contributed by atoms with van der Waals surface area (Å²) >= 11 is 0. The highest BCUT2D eigenvalue weighted by atomic mass is 16.3. The monoisotopic (exact) mass is 218 g/mol. The second kappa shape index (κ2) is 6.37. The van der Waals surface area contributed by atoms with Gasteiger partial charge in [-0.1, -0.05) is 56.7 Å². The van der Waals surface area contributed by atoms with Crippen molar-refractivity contribution in [3.8, 4) is 0 Å². The lowest BCUT2D eigenvalue weighted by Gasteiger charge is -2.22. The summed E-state index contributed by atoms with van der Waals surface area (Å²) < 4.78 is 0. The van der Waals surface area contributed by atoms with E-state index in [1.165, 1.54) is 5.57 Å². The van der Waals surface area contributed by atoms with Crippen LogP contribution in [0, 0.1) is 11.8 Å². The lowest BCUT2D eigenvalue weighted by atomic mass is 9.83. The highest BCUT2D eigenvalue weighted by Crippen LogP contribution is 2.30. The molecule has 0 bridgehead atoms. The molecular formula is C15H22O. The van der Waals surface area contributed by atoms with Crippen LogP contribution in [0.25, 0.3) is 0 Å². The van der Waals surface area contributed by atoms with Crippen LogP contribution < -0.4 is 0 Å². The minimum atomic E-state index is 0.145. The number of aliphatic hydroxyl groups excluding tert-OH is 1. The van der Waals surface area contributed by atoms with E-state index in [9.17, 15) is 0 Å². The molecule has 0 radical (unpaired) electrons. The third kappa shape index (κ3) is 3.73. The van der Waals surface area contributed by atoms with E-state index in [1.807, 2.05) is 0 Å². The normalized spacial score (nSPS) is 18.8. The molecular weight excluding hydrogens is 196 g/mol. The van der Waals surface area contributed by atoms with Gasteiger partial charge >= 0.3 is 0 Å². The number of hydrogen-bond acceptors (Lipinski definition) is 1. The summed E-state index contributed by atoms with van der Waals surface area (Å²) in [5, 5.41) is 9.11. The van der Waals surface area contributed by atoms with E-state index in [0.29, 0.717) is 11.8 Å². The summed E-state index contributed by atoms with van der Waals surface area (Å²) in [7, 11) is 0. The molecule has 1 aliphatic carbocycles. The van der Waals surface area contributed by atoms with Gasteiger partial charge in [-0.15, -0.1) is 0 Å². The summed E-state index contributed by atoms with van der Waals surface area (Å²) in [5.41, 5.74) is 1.49. The number of aliphatic hydroxyl groups is 1. The summed E-state index contributed by atoms with van der Waals surface area (Å²) in [6.07, 6.45) is 13.8. The molecule has 1 N–H and O–H groups in total. The van der Waals surface area contributed by atoms with Crippen LogP contribution in [0.2, 0.25) is 0 Å². The van der Waals surface area contributed by atoms with Gasteiger partial charge in [-0.3, -0.25) is 0 Å². The van der Waals surface area contributed by atoms with E-state index >= 15 is 0 Å². The molecule has 1 nitrogen and oxygen atoms in total. The summed E-state index contributed by atoms with van der Waals surface area (Å²) in [4.78, 5) is 0. The van der Waals surface area contributed by atoms with Gasteiger partial charge in [0.1, 0.15) is 5.76 Å². The van der Waals surface area contributed by atoms with Gasteiger partial charge in [-0.2, -0.15) is 0 Å². The third-order valence-electron chi connectivity index (χ3n) is 3.18. The van der Waals surface area contributed by atoms with Crippen LogP contribution >= 0.6 is 0 Å². The second-order valence-electron chi connectivity index (χ2n) is 4.47. The molecule has 0 saturated heterocycles. The number of hydrogen-bond donors (Lipinski definition) is 1. The molecule has 0 aliphatic heterocycles. The van der Waals surface area contributed by atoms with Gasteiger partial charge in [-0.25, -0.2) is 0 Å². The van der Waals surface area contributed by atoms with Crippen LogP contribution in [-0.2, 0) is 0 Å².